The van der Waals surface area contributed by atoms with Gasteiger partial charge in [-0.1, -0.05) is 35.0 Å². The molecule has 3 amide bonds. The Hall–Kier alpha value is -3.10. The van der Waals surface area contributed by atoms with Crippen LogP contribution in [0.3, 0.4) is 0 Å². The summed E-state index contributed by atoms with van der Waals surface area (Å²) < 4.78 is 5.30. The van der Waals surface area contributed by atoms with Crippen LogP contribution in [0.4, 0.5) is 10.5 Å². The van der Waals surface area contributed by atoms with E-state index in [-0.39, 0.29) is 5.91 Å². The maximum absolute atomic E-state index is 12.8. The van der Waals surface area contributed by atoms with E-state index in [1.54, 1.807) is 23.1 Å². The van der Waals surface area contributed by atoms with Gasteiger partial charge in [-0.25, -0.2) is 4.79 Å². The van der Waals surface area contributed by atoms with Crippen molar-refractivity contribution in [1.29, 1.82) is 0 Å². The van der Waals surface area contributed by atoms with Gasteiger partial charge in [0, 0.05) is 18.8 Å². The number of amides is 3. The average molecular weight is 473 g/mol. The molecule has 0 aromatic heterocycles. The van der Waals surface area contributed by atoms with E-state index >= 15 is 0 Å². The molecule has 176 valence electrons. The molecule has 1 aliphatic heterocycles. The number of carbonyl (C=O) groups excluding carboxylic acids is 2. The first-order chi connectivity index (χ1) is 15.7. The zero-order valence-corrected chi connectivity index (χ0v) is 20.0. The molecule has 0 radical (unpaired) electrons. The molecule has 2 aromatic rings. The van der Waals surface area contributed by atoms with Gasteiger partial charge in [-0.15, -0.1) is 0 Å². The zero-order chi connectivity index (χ0) is 24.0. The number of nitrogens with zero attached hydrogens (tertiary/aromatic N) is 2. The van der Waals surface area contributed by atoms with Crippen LogP contribution in [0.25, 0.3) is 0 Å². The number of carbonyl (C=O) groups is 2. The third-order valence-corrected chi connectivity index (χ3v) is 5.74. The monoisotopic (exact) mass is 472 g/mol. The molecule has 33 heavy (non-hydrogen) atoms. The number of halogens is 1. The van der Waals surface area contributed by atoms with Crippen molar-refractivity contribution >= 4 is 34.9 Å². The number of oxime groups is 1. The van der Waals surface area contributed by atoms with Gasteiger partial charge in [-0.2, -0.15) is 0 Å². The minimum Gasteiger partial charge on any atom is -0.399 e. The van der Waals surface area contributed by atoms with E-state index in [2.05, 4.69) is 15.8 Å². The first-order valence-corrected chi connectivity index (χ1v) is 11.0. The highest BCUT2D eigenvalue weighted by molar-refractivity contribution is 6.34. The fourth-order valence-corrected chi connectivity index (χ4v) is 3.74. The summed E-state index contributed by atoms with van der Waals surface area (Å²) in [5.74, 6) is -0.183. The van der Waals surface area contributed by atoms with Crippen LogP contribution in [-0.2, 0) is 15.1 Å². The molecule has 3 rings (SSSR count). The normalized spacial score (nSPS) is 14.6. The molecule has 9 heteroatoms. The van der Waals surface area contributed by atoms with E-state index in [4.69, 9.17) is 21.2 Å². The first kappa shape index (κ1) is 24.5. The smallest absolute Gasteiger partial charge is 0.319 e. The summed E-state index contributed by atoms with van der Waals surface area (Å²) in [6, 6.07) is 12.2. The number of urea groups is 1. The van der Waals surface area contributed by atoms with Gasteiger partial charge in [-0.05, 0) is 56.2 Å². The summed E-state index contributed by atoms with van der Waals surface area (Å²) in [5.41, 5.74) is 2.68. The Balaban J connectivity index is 1.72. The summed E-state index contributed by atoms with van der Waals surface area (Å²) in [7, 11) is 1.50. The molecular formula is C24H29ClN4O4. The third-order valence-electron chi connectivity index (χ3n) is 5.41. The van der Waals surface area contributed by atoms with Gasteiger partial charge in [0.1, 0.15) is 7.11 Å². The van der Waals surface area contributed by atoms with Crippen LogP contribution in [0.1, 0.15) is 42.3 Å². The molecular weight excluding hydrogens is 444 g/mol. The highest BCUT2D eigenvalue weighted by Crippen LogP contribution is 2.24. The van der Waals surface area contributed by atoms with Crippen molar-refractivity contribution in [2.24, 2.45) is 5.16 Å². The molecule has 1 fully saturated rings. The SMILES string of the molecule is CO/N=C(\C)c1cccc(C(C)(C)NC(=O)Nc2ccc(Cl)c(C(=O)N3CCOCC3)c2)c1. The largest absolute Gasteiger partial charge is 0.399 e. The number of benzene rings is 2. The second-order valence-electron chi connectivity index (χ2n) is 8.24. The molecule has 1 aliphatic rings. The van der Waals surface area contributed by atoms with Crippen LogP contribution in [0, 0.1) is 0 Å². The number of rotatable bonds is 6. The number of ether oxygens (including phenoxy) is 1. The zero-order valence-electron chi connectivity index (χ0n) is 19.3. The molecule has 0 spiro atoms. The molecule has 1 saturated heterocycles. The molecule has 2 aromatic carbocycles. The highest BCUT2D eigenvalue weighted by Gasteiger charge is 2.25. The van der Waals surface area contributed by atoms with Gasteiger partial charge in [0.2, 0.25) is 0 Å². The highest BCUT2D eigenvalue weighted by atomic mass is 35.5. The van der Waals surface area contributed by atoms with E-state index in [9.17, 15) is 9.59 Å². The Kier molecular flexibility index (Phi) is 7.94. The van der Waals surface area contributed by atoms with E-state index in [0.717, 1.165) is 16.8 Å². The Morgan fingerprint density at radius 1 is 1.15 bits per heavy atom. The molecule has 8 nitrogen and oxygen atoms in total. The van der Waals surface area contributed by atoms with Crippen molar-refractivity contribution < 1.29 is 19.2 Å². The van der Waals surface area contributed by atoms with E-state index in [1.165, 1.54) is 7.11 Å². The van der Waals surface area contributed by atoms with Gasteiger partial charge >= 0.3 is 6.03 Å². The molecule has 0 bridgehead atoms. The second kappa shape index (κ2) is 10.7. The fraction of sp³-hybridized carbons (Fsp3) is 0.375. The Morgan fingerprint density at radius 3 is 2.58 bits per heavy atom. The Bertz CT molecular complexity index is 1050. The van der Waals surface area contributed by atoms with Crippen molar-refractivity contribution in [3.8, 4) is 0 Å². The molecule has 2 N–H and O–H groups in total. The minimum atomic E-state index is -0.674. The van der Waals surface area contributed by atoms with Crippen LogP contribution in [0.15, 0.2) is 47.6 Å². The predicted octanol–water partition coefficient (Wildman–Crippen LogP) is 4.24. The number of nitrogens with one attached hydrogen (secondary N) is 2. The van der Waals surface area contributed by atoms with Gasteiger partial charge in [0.05, 0.1) is 35.1 Å². The van der Waals surface area contributed by atoms with Crippen LogP contribution in [-0.4, -0.2) is 56.0 Å². The van der Waals surface area contributed by atoms with Crippen LogP contribution in [0.5, 0.6) is 0 Å². The quantitative estimate of drug-likeness (QED) is 0.486. The molecule has 0 saturated carbocycles. The number of hydrogen-bond acceptors (Lipinski definition) is 5. The summed E-state index contributed by atoms with van der Waals surface area (Å²) in [6.45, 7) is 7.68. The van der Waals surface area contributed by atoms with Gasteiger partial charge in [0.25, 0.3) is 5.91 Å². The third kappa shape index (κ3) is 6.24. The second-order valence-corrected chi connectivity index (χ2v) is 8.65. The van der Waals surface area contributed by atoms with Crippen molar-refractivity contribution in [3.63, 3.8) is 0 Å². The molecule has 0 atom stereocenters. The van der Waals surface area contributed by atoms with Crippen molar-refractivity contribution in [2.45, 2.75) is 26.3 Å². The fourth-order valence-electron chi connectivity index (χ4n) is 3.54. The Morgan fingerprint density at radius 2 is 1.88 bits per heavy atom. The van der Waals surface area contributed by atoms with E-state index < -0.39 is 11.6 Å². The maximum atomic E-state index is 12.8. The number of anilines is 1. The topological polar surface area (TPSA) is 92.3 Å². The first-order valence-electron chi connectivity index (χ1n) is 10.7. The van der Waals surface area contributed by atoms with E-state index in [0.29, 0.717) is 42.6 Å². The maximum Gasteiger partial charge on any atom is 0.319 e. The molecule has 0 aliphatic carbocycles. The minimum absolute atomic E-state index is 0.183. The average Bonchev–Trinajstić information content (AvgIpc) is 2.80. The lowest BCUT2D eigenvalue weighted by Gasteiger charge is -2.28. The lowest BCUT2D eigenvalue weighted by atomic mass is 9.92. The van der Waals surface area contributed by atoms with Crippen LogP contribution < -0.4 is 10.6 Å². The van der Waals surface area contributed by atoms with Gasteiger partial charge in [0.15, 0.2) is 0 Å². The predicted molar refractivity (Wildman–Crippen MR) is 129 cm³/mol. The van der Waals surface area contributed by atoms with Crippen molar-refractivity contribution in [3.05, 3.63) is 64.2 Å². The lowest BCUT2D eigenvalue weighted by molar-refractivity contribution is 0.0303. The standard InChI is InChI=1S/C24H29ClN4O4/c1-16(28-32-4)17-6-5-7-18(14-17)24(2,3)27-23(31)26-19-8-9-21(25)20(15-19)22(30)29-10-12-33-13-11-29/h5-9,14-15H,10-13H2,1-4H3,(H2,26,27,31)/b28-16+. The van der Waals surface area contributed by atoms with Crippen LogP contribution >= 0.6 is 11.6 Å². The summed E-state index contributed by atoms with van der Waals surface area (Å²) >= 11 is 6.27. The summed E-state index contributed by atoms with van der Waals surface area (Å²) in [5, 5.41) is 10.1. The number of morpholine rings is 1. The Labute approximate surface area is 198 Å². The molecule has 0 unspecified atom stereocenters. The lowest BCUT2D eigenvalue weighted by Crippen LogP contribution is -2.43. The van der Waals surface area contributed by atoms with Crippen molar-refractivity contribution in [1.82, 2.24) is 10.2 Å². The summed E-state index contributed by atoms with van der Waals surface area (Å²) in [4.78, 5) is 32.2. The van der Waals surface area contributed by atoms with Gasteiger partial charge < -0.3 is 25.1 Å². The van der Waals surface area contributed by atoms with Crippen molar-refractivity contribution in [2.75, 3.05) is 38.7 Å². The van der Waals surface area contributed by atoms with Crippen LogP contribution in [0.2, 0.25) is 5.02 Å². The number of hydrogen-bond donors (Lipinski definition) is 2. The van der Waals surface area contributed by atoms with Gasteiger partial charge in [-0.3, -0.25) is 4.79 Å². The molecule has 1 heterocycles. The summed E-state index contributed by atoms with van der Waals surface area (Å²) in [6.07, 6.45) is 0. The van der Waals surface area contributed by atoms with E-state index in [1.807, 2.05) is 45.0 Å².